The molecule has 1 aromatic carbocycles. The Kier molecular flexibility index (Phi) is 7.88. The van der Waals surface area contributed by atoms with E-state index in [-0.39, 0.29) is 11.9 Å². The van der Waals surface area contributed by atoms with E-state index in [1.165, 1.54) is 0 Å². The lowest BCUT2D eigenvalue weighted by molar-refractivity contribution is -0.134. The second-order valence-electron chi connectivity index (χ2n) is 4.94. The number of hydrogen-bond acceptors (Lipinski definition) is 4. The van der Waals surface area contributed by atoms with Gasteiger partial charge in [-0.25, -0.2) is 0 Å². The second-order valence-corrected chi connectivity index (χ2v) is 5.30. The molecule has 0 heterocycles. The lowest BCUT2D eigenvalue weighted by Crippen LogP contribution is -2.50. The number of thiol groups is 1. The quantitative estimate of drug-likeness (QED) is 0.724. The third-order valence-corrected chi connectivity index (χ3v) is 3.64. The van der Waals surface area contributed by atoms with Crippen LogP contribution in [0.2, 0.25) is 0 Å². The van der Waals surface area contributed by atoms with Crippen LogP contribution in [-0.4, -0.2) is 35.2 Å². The van der Waals surface area contributed by atoms with Crippen LogP contribution in [0.3, 0.4) is 0 Å². The molecule has 0 radical (unpaired) electrons. The predicted octanol–water partition coefficient (Wildman–Crippen LogP) is 2.23. The molecule has 1 rings (SSSR count). The molecule has 0 fully saturated rings. The van der Waals surface area contributed by atoms with Crippen LogP contribution in [0.1, 0.15) is 25.8 Å². The van der Waals surface area contributed by atoms with Crippen molar-refractivity contribution in [1.82, 2.24) is 10.2 Å². The van der Waals surface area contributed by atoms with Gasteiger partial charge in [-0.15, -0.1) is 0 Å². The highest BCUT2D eigenvalue weighted by Gasteiger charge is 2.25. The number of amides is 1. The molecule has 2 unspecified atom stereocenters. The van der Waals surface area contributed by atoms with E-state index in [9.17, 15) is 4.79 Å². The Morgan fingerprint density at radius 3 is 2.62 bits per heavy atom. The van der Waals surface area contributed by atoms with Crippen molar-refractivity contribution in [2.75, 3.05) is 12.3 Å². The Morgan fingerprint density at radius 2 is 2.10 bits per heavy atom. The minimum atomic E-state index is -0.418. The van der Waals surface area contributed by atoms with Gasteiger partial charge >= 0.3 is 0 Å². The van der Waals surface area contributed by atoms with Gasteiger partial charge in [0.2, 0.25) is 5.91 Å². The molecule has 4 nitrogen and oxygen atoms in total. The zero-order valence-corrected chi connectivity index (χ0v) is 13.5. The molecule has 1 N–H and O–H groups in total. The summed E-state index contributed by atoms with van der Waals surface area (Å²) in [7, 11) is 0. The molecule has 2 atom stereocenters. The van der Waals surface area contributed by atoms with Crippen molar-refractivity contribution in [2.45, 2.75) is 38.9 Å². The summed E-state index contributed by atoms with van der Waals surface area (Å²) in [5.74, 6) is 0.348. The Labute approximate surface area is 132 Å². The molecule has 0 spiro atoms. The molecule has 0 bridgehead atoms. The maximum Gasteiger partial charge on any atom is 0.241 e. The van der Waals surface area contributed by atoms with Crippen LogP contribution in [0.5, 0.6) is 0 Å². The first-order valence-corrected chi connectivity index (χ1v) is 7.85. The van der Waals surface area contributed by atoms with E-state index in [1.807, 2.05) is 37.3 Å². The minimum Gasteiger partial charge on any atom is -0.326 e. The number of rotatable bonds is 8. The van der Waals surface area contributed by atoms with Crippen LogP contribution in [-0.2, 0) is 11.3 Å². The highest BCUT2D eigenvalue weighted by atomic mass is 32.1. The largest absolute Gasteiger partial charge is 0.326 e. The fourth-order valence-corrected chi connectivity index (χ4v) is 2.36. The maximum atomic E-state index is 12.5. The van der Waals surface area contributed by atoms with Gasteiger partial charge in [0, 0.05) is 18.8 Å². The molecule has 0 aliphatic rings. The van der Waals surface area contributed by atoms with E-state index in [1.54, 1.807) is 11.8 Å². The van der Waals surface area contributed by atoms with Gasteiger partial charge in [-0.2, -0.15) is 17.9 Å². The summed E-state index contributed by atoms with van der Waals surface area (Å²) >= 11 is 4.27. The number of nitriles is 1. The Hall–Kier alpha value is -1.51. The molecule has 1 aromatic rings. The summed E-state index contributed by atoms with van der Waals surface area (Å²) in [6, 6.07) is 11.3. The fourth-order valence-electron chi connectivity index (χ4n) is 2.07. The molecule has 0 saturated carbocycles. The summed E-state index contributed by atoms with van der Waals surface area (Å²) in [6.45, 7) is 4.95. The van der Waals surface area contributed by atoms with E-state index in [0.717, 1.165) is 12.0 Å². The number of carbonyl (C=O) groups excluding carboxylic acids is 1. The van der Waals surface area contributed by atoms with E-state index in [4.69, 9.17) is 5.26 Å². The van der Waals surface area contributed by atoms with Crippen molar-refractivity contribution in [3.8, 4) is 6.07 Å². The molecule has 21 heavy (non-hydrogen) atoms. The summed E-state index contributed by atoms with van der Waals surface area (Å²) in [5, 5.41) is 12.3. The van der Waals surface area contributed by atoms with Crippen molar-refractivity contribution >= 4 is 18.5 Å². The third-order valence-electron chi connectivity index (χ3n) is 3.28. The van der Waals surface area contributed by atoms with Crippen LogP contribution in [0, 0.1) is 11.3 Å². The third kappa shape index (κ3) is 5.41. The van der Waals surface area contributed by atoms with E-state index in [0.29, 0.717) is 18.8 Å². The smallest absolute Gasteiger partial charge is 0.241 e. The van der Waals surface area contributed by atoms with Crippen molar-refractivity contribution < 1.29 is 4.79 Å². The van der Waals surface area contributed by atoms with E-state index < -0.39 is 6.04 Å². The van der Waals surface area contributed by atoms with Crippen LogP contribution in [0.25, 0.3) is 0 Å². The average molecular weight is 305 g/mol. The van der Waals surface area contributed by atoms with Crippen LogP contribution in [0.4, 0.5) is 0 Å². The van der Waals surface area contributed by atoms with Crippen molar-refractivity contribution in [3.05, 3.63) is 35.9 Å². The standard InChI is InChI=1S/C16H23N3OS/c1-3-9-19(13(2)10-17)16(20)15(12-21)18-11-14-7-5-4-6-8-14/h4-8,13,15,18,21H,3,9,11-12H2,1-2H3. The van der Waals surface area contributed by atoms with Gasteiger partial charge in [0.25, 0.3) is 0 Å². The van der Waals surface area contributed by atoms with Crippen molar-refractivity contribution in [3.63, 3.8) is 0 Å². The first-order chi connectivity index (χ1) is 10.1. The lowest BCUT2D eigenvalue weighted by atomic mass is 10.2. The monoisotopic (exact) mass is 305 g/mol. The number of nitrogens with zero attached hydrogens (tertiary/aromatic N) is 2. The Morgan fingerprint density at radius 1 is 1.43 bits per heavy atom. The predicted molar refractivity (Wildman–Crippen MR) is 88.0 cm³/mol. The molecule has 5 heteroatoms. The highest BCUT2D eigenvalue weighted by Crippen LogP contribution is 2.06. The molecular formula is C16H23N3OS. The molecule has 0 aliphatic carbocycles. The summed E-state index contributed by atoms with van der Waals surface area (Å²) in [4.78, 5) is 14.2. The normalized spacial score (nSPS) is 13.2. The SMILES string of the molecule is CCCN(C(=O)C(CS)NCc1ccccc1)C(C)C#N. The van der Waals surface area contributed by atoms with Crippen molar-refractivity contribution in [2.24, 2.45) is 0 Å². The number of benzene rings is 1. The zero-order valence-electron chi connectivity index (χ0n) is 12.6. The Balaban J connectivity index is 2.68. The first kappa shape index (κ1) is 17.5. The molecule has 1 amide bonds. The lowest BCUT2D eigenvalue weighted by Gasteiger charge is -2.28. The van der Waals surface area contributed by atoms with Crippen molar-refractivity contribution in [1.29, 1.82) is 5.26 Å². The first-order valence-electron chi connectivity index (χ1n) is 7.22. The molecule has 0 aromatic heterocycles. The second kappa shape index (κ2) is 9.43. The van der Waals surface area contributed by atoms with E-state index >= 15 is 0 Å². The van der Waals surface area contributed by atoms with Gasteiger partial charge < -0.3 is 10.2 Å². The van der Waals surface area contributed by atoms with Crippen LogP contribution >= 0.6 is 12.6 Å². The van der Waals surface area contributed by atoms with Gasteiger partial charge in [-0.1, -0.05) is 37.3 Å². The molecule has 114 valence electrons. The van der Waals surface area contributed by atoms with Gasteiger partial charge in [-0.05, 0) is 18.9 Å². The topological polar surface area (TPSA) is 56.1 Å². The summed E-state index contributed by atoms with van der Waals surface area (Å²) < 4.78 is 0. The minimum absolute atomic E-state index is 0.0585. The molecule has 0 aliphatic heterocycles. The van der Waals surface area contributed by atoms with Gasteiger partial charge in [0.1, 0.15) is 6.04 Å². The molecular weight excluding hydrogens is 282 g/mol. The van der Waals surface area contributed by atoms with Crippen LogP contribution in [0.15, 0.2) is 30.3 Å². The zero-order chi connectivity index (χ0) is 15.7. The fraction of sp³-hybridized carbons (Fsp3) is 0.500. The number of carbonyl (C=O) groups is 1. The van der Waals surface area contributed by atoms with Gasteiger partial charge in [0.15, 0.2) is 0 Å². The average Bonchev–Trinajstić information content (AvgIpc) is 2.53. The Bertz CT molecular complexity index is 472. The molecule has 0 saturated heterocycles. The summed E-state index contributed by atoms with van der Waals surface area (Å²) in [5.41, 5.74) is 1.12. The summed E-state index contributed by atoms with van der Waals surface area (Å²) in [6.07, 6.45) is 0.829. The van der Waals surface area contributed by atoms with Crippen LogP contribution < -0.4 is 5.32 Å². The number of hydrogen-bond donors (Lipinski definition) is 2. The van der Waals surface area contributed by atoms with Gasteiger partial charge in [-0.3, -0.25) is 4.79 Å². The van der Waals surface area contributed by atoms with E-state index in [2.05, 4.69) is 24.0 Å². The highest BCUT2D eigenvalue weighted by molar-refractivity contribution is 7.80. The maximum absolute atomic E-state index is 12.5. The number of nitrogens with one attached hydrogen (secondary N) is 1. The van der Waals surface area contributed by atoms with Gasteiger partial charge in [0.05, 0.1) is 12.1 Å².